The van der Waals surface area contributed by atoms with Crippen LogP contribution in [0.15, 0.2) is 24.3 Å². The van der Waals surface area contributed by atoms with E-state index in [2.05, 4.69) is 5.32 Å². The number of amides is 1. The van der Waals surface area contributed by atoms with E-state index in [0.29, 0.717) is 12.1 Å². The number of nitrogens with one attached hydrogen (secondary N) is 1. The molecule has 0 unspecified atom stereocenters. The molecule has 1 amide bonds. The second-order valence-electron chi connectivity index (χ2n) is 4.36. The number of rotatable bonds is 5. The van der Waals surface area contributed by atoms with Crippen molar-refractivity contribution < 1.29 is 14.3 Å². The molecule has 1 heterocycles. The maximum absolute atomic E-state index is 11.7. The van der Waals surface area contributed by atoms with Gasteiger partial charge in [-0.25, -0.2) is 0 Å². The molecule has 0 saturated carbocycles. The summed E-state index contributed by atoms with van der Waals surface area (Å²) in [4.78, 5) is 11.7. The van der Waals surface area contributed by atoms with Gasteiger partial charge in [0.15, 0.2) is 0 Å². The average molecular weight is 235 g/mol. The molecule has 1 aliphatic heterocycles. The van der Waals surface area contributed by atoms with Crippen LogP contribution in [0.25, 0.3) is 0 Å². The topological polar surface area (TPSA) is 50.9 Å². The first-order valence-electron chi connectivity index (χ1n) is 5.81. The number of carbonyl (C=O) groups excluding carboxylic acids is 1. The van der Waals surface area contributed by atoms with Crippen LogP contribution in [0.2, 0.25) is 0 Å². The lowest BCUT2D eigenvalue weighted by atomic mass is 10.2. The number of carbonyl (C=O) groups is 1. The van der Waals surface area contributed by atoms with Crippen molar-refractivity contribution in [3.8, 4) is 5.75 Å². The smallest absolute Gasteiger partial charge is 0.251 e. The van der Waals surface area contributed by atoms with Crippen LogP contribution in [0.1, 0.15) is 24.2 Å². The normalized spacial score (nSPS) is 17.9. The van der Waals surface area contributed by atoms with Gasteiger partial charge < -0.3 is 14.8 Å². The first-order chi connectivity index (χ1) is 8.15. The van der Waals surface area contributed by atoms with Gasteiger partial charge in [0, 0.05) is 12.1 Å². The Balaban J connectivity index is 1.89. The average Bonchev–Trinajstić information content (AvgIpc) is 3.10. The Morgan fingerprint density at radius 1 is 1.47 bits per heavy atom. The monoisotopic (exact) mass is 235 g/mol. The lowest BCUT2D eigenvalue weighted by Gasteiger charge is -2.10. The highest BCUT2D eigenvalue weighted by atomic mass is 16.6. The maximum atomic E-state index is 11.7. The fraction of sp³-hybridized carbons (Fsp3) is 0.462. The molecule has 0 radical (unpaired) electrons. The van der Waals surface area contributed by atoms with Crippen molar-refractivity contribution in [1.29, 1.82) is 0 Å². The van der Waals surface area contributed by atoms with Gasteiger partial charge in [0.25, 0.3) is 5.91 Å². The van der Waals surface area contributed by atoms with Crippen molar-refractivity contribution in [3.63, 3.8) is 0 Å². The lowest BCUT2D eigenvalue weighted by molar-refractivity contribution is 0.0950. The molecule has 1 atom stereocenters. The molecule has 4 heteroatoms. The highest BCUT2D eigenvalue weighted by Crippen LogP contribution is 2.14. The van der Waals surface area contributed by atoms with E-state index in [1.54, 1.807) is 12.1 Å². The highest BCUT2D eigenvalue weighted by molar-refractivity contribution is 5.94. The number of hydrogen-bond donors (Lipinski definition) is 1. The van der Waals surface area contributed by atoms with Gasteiger partial charge in [0.2, 0.25) is 0 Å². The summed E-state index contributed by atoms with van der Waals surface area (Å²) in [7, 11) is 0. The largest absolute Gasteiger partial charge is 0.491 e. The third kappa shape index (κ3) is 3.75. The summed E-state index contributed by atoms with van der Waals surface area (Å²) >= 11 is 0. The number of benzene rings is 1. The number of hydrogen-bond acceptors (Lipinski definition) is 3. The summed E-state index contributed by atoms with van der Waals surface area (Å²) in [5.74, 6) is 0.707. The van der Waals surface area contributed by atoms with Crippen LogP contribution in [0.3, 0.4) is 0 Å². The van der Waals surface area contributed by atoms with E-state index in [-0.39, 0.29) is 18.1 Å². The van der Waals surface area contributed by atoms with E-state index in [9.17, 15) is 4.79 Å². The van der Waals surface area contributed by atoms with E-state index in [1.807, 2.05) is 26.0 Å². The van der Waals surface area contributed by atoms with Crippen LogP contribution in [-0.2, 0) is 4.74 Å². The number of epoxide rings is 1. The maximum Gasteiger partial charge on any atom is 0.251 e. The molecule has 1 aromatic rings. The fourth-order valence-electron chi connectivity index (χ4n) is 1.45. The van der Waals surface area contributed by atoms with E-state index in [4.69, 9.17) is 9.47 Å². The van der Waals surface area contributed by atoms with Crippen molar-refractivity contribution in [1.82, 2.24) is 5.32 Å². The van der Waals surface area contributed by atoms with Crippen molar-refractivity contribution in [2.45, 2.75) is 26.1 Å². The minimum absolute atomic E-state index is 0.0726. The van der Waals surface area contributed by atoms with Crippen LogP contribution in [0, 0.1) is 0 Å². The van der Waals surface area contributed by atoms with Crippen LogP contribution in [-0.4, -0.2) is 31.3 Å². The fourth-order valence-corrected chi connectivity index (χ4v) is 1.45. The Morgan fingerprint density at radius 2 is 2.12 bits per heavy atom. The molecule has 0 spiro atoms. The van der Waals surface area contributed by atoms with Gasteiger partial charge in [-0.1, -0.05) is 0 Å². The van der Waals surface area contributed by atoms with Gasteiger partial charge in [-0.3, -0.25) is 4.79 Å². The van der Waals surface area contributed by atoms with Crippen LogP contribution in [0.4, 0.5) is 0 Å². The van der Waals surface area contributed by atoms with Crippen LogP contribution < -0.4 is 10.1 Å². The summed E-state index contributed by atoms with van der Waals surface area (Å²) < 4.78 is 10.5. The van der Waals surface area contributed by atoms with Gasteiger partial charge in [-0.2, -0.15) is 0 Å². The predicted octanol–water partition coefficient (Wildman–Crippen LogP) is 1.60. The van der Waals surface area contributed by atoms with Crippen LogP contribution >= 0.6 is 0 Å². The molecule has 1 aromatic carbocycles. The molecule has 1 aliphatic rings. The van der Waals surface area contributed by atoms with Gasteiger partial charge in [-0.15, -0.1) is 0 Å². The molecule has 1 saturated heterocycles. The minimum atomic E-state index is -0.0726. The summed E-state index contributed by atoms with van der Waals surface area (Å²) in [5, 5.41) is 2.82. The van der Waals surface area contributed by atoms with Crippen molar-refractivity contribution >= 4 is 5.91 Å². The number of ether oxygens (including phenoxy) is 2. The van der Waals surface area contributed by atoms with E-state index >= 15 is 0 Å². The molecular weight excluding hydrogens is 218 g/mol. The third-order valence-corrected chi connectivity index (χ3v) is 2.38. The standard InChI is InChI=1S/C13H17NO3/c1-9(2)17-11-5-3-10(4-6-11)13(15)14-7-12-8-16-12/h3-6,9,12H,7-8H2,1-2H3,(H,14,15)/t12-/m1/s1. The molecule has 4 nitrogen and oxygen atoms in total. The van der Waals surface area contributed by atoms with Crippen molar-refractivity contribution in [3.05, 3.63) is 29.8 Å². The molecule has 0 bridgehead atoms. The zero-order valence-corrected chi connectivity index (χ0v) is 10.1. The Morgan fingerprint density at radius 3 is 2.65 bits per heavy atom. The quantitative estimate of drug-likeness (QED) is 0.789. The van der Waals surface area contributed by atoms with Crippen LogP contribution in [0.5, 0.6) is 5.75 Å². The molecular formula is C13H17NO3. The SMILES string of the molecule is CC(C)Oc1ccc(C(=O)NC[C@@H]2CO2)cc1. The molecule has 0 aliphatic carbocycles. The molecule has 17 heavy (non-hydrogen) atoms. The second kappa shape index (κ2) is 5.19. The Kier molecular flexibility index (Phi) is 3.64. The van der Waals surface area contributed by atoms with E-state index in [1.165, 1.54) is 0 Å². The van der Waals surface area contributed by atoms with Crippen molar-refractivity contribution in [2.24, 2.45) is 0 Å². The summed E-state index contributed by atoms with van der Waals surface area (Å²) in [6.45, 7) is 5.27. The Labute approximate surface area is 101 Å². The first-order valence-corrected chi connectivity index (χ1v) is 5.81. The van der Waals surface area contributed by atoms with Gasteiger partial charge >= 0.3 is 0 Å². The van der Waals surface area contributed by atoms with Crippen molar-refractivity contribution in [2.75, 3.05) is 13.2 Å². The molecule has 2 rings (SSSR count). The van der Waals surface area contributed by atoms with Gasteiger partial charge in [-0.05, 0) is 38.1 Å². The zero-order chi connectivity index (χ0) is 12.3. The third-order valence-electron chi connectivity index (χ3n) is 2.38. The second-order valence-corrected chi connectivity index (χ2v) is 4.36. The summed E-state index contributed by atoms with van der Waals surface area (Å²) in [6, 6.07) is 7.15. The van der Waals surface area contributed by atoms with Gasteiger partial charge in [0.1, 0.15) is 5.75 Å². The zero-order valence-electron chi connectivity index (χ0n) is 10.1. The summed E-state index contributed by atoms with van der Waals surface area (Å²) in [5.41, 5.74) is 0.641. The summed E-state index contributed by atoms with van der Waals surface area (Å²) in [6.07, 6.45) is 0.351. The van der Waals surface area contributed by atoms with Gasteiger partial charge in [0.05, 0.1) is 18.8 Å². The minimum Gasteiger partial charge on any atom is -0.491 e. The van der Waals surface area contributed by atoms with E-state index < -0.39 is 0 Å². The van der Waals surface area contributed by atoms with E-state index in [0.717, 1.165) is 12.4 Å². The molecule has 92 valence electrons. The first kappa shape index (κ1) is 11.9. The Hall–Kier alpha value is -1.55. The lowest BCUT2D eigenvalue weighted by Crippen LogP contribution is -2.27. The predicted molar refractivity (Wildman–Crippen MR) is 64.3 cm³/mol. The molecule has 0 aromatic heterocycles. The molecule has 1 N–H and O–H groups in total. The Bertz CT molecular complexity index is 382. The molecule has 1 fully saturated rings. The highest BCUT2D eigenvalue weighted by Gasteiger charge is 2.22.